The molecule has 1 atom stereocenters. The highest BCUT2D eigenvalue weighted by molar-refractivity contribution is 7.09. The van der Waals surface area contributed by atoms with Gasteiger partial charge in [-0.1, -0.05) is 6.92 Å². The molecule has 0 saturated heterocycles. The van der Waals surface area contributed by atoms with Crippen LogP contribution in [0.25, 0.3) is 0 Å². The smallest absolute Gasteiger partial charge is 0.220 e. The first-order chi connectivity index (χ1) is 7.24. The zero-order valence-electron chi connectivity index (χ0n) is 8.90. The van der Waals surface area contributed by atoms with Crippen molar-refractivity contribution in [2.75, 3.05) is 13.1 Å². The van der Waals surface area contributed by atoms with Gasteiger partial charge in [0.25, 0.3) is 0 Å². The number of amides is 1. The van der Waals surface area contributed by atoms with Gasteiger partial charge in [-0.05, 0) is 13.0 Å². The lowest BCUT2D eigenvalue weighted by molar-refractivity contribution is -0.121. The van der Waals surface area contributed by atoms with E-state index in [1.54, 1.807) is 17.5 Å². The Morgan fingerprint density at radius 2 is 2.53 bits per heavy atom. The van der Waals surface area contributed by atoms with E-state index in [-0.39, 0.29) is 11.8 Å². The molecular formula is C10H17N3OS. The number of thiazole rings is 1. The monoisotopic (exact) mass is 227 g/mol. The Labute approximate surface area is 93.9 Å². The van der Waals surface area contributed by atoms with Crippen LogP contribution in [-0.2, 0) is 4.79 Å². The zero-order chi connectivity index (χ0) is 11.1. The number of nitrogens with zero attached hydrogens (tertiary/aromatic N) is 1. The van der Waals surface area contributed by atoms with Gasteiger partial charge in [0.2, 0.25) is 5.91 Å². The summed E-state index contributed by atoms with van der Waals surface area (Å²) in [5.41, 5.74) is 5.32. The van der Waals surface area contributed by atoms with E-state index < -0.39 is 0 Å². The number of aromatic nitrogens is 1. The molecule has 0 aliphatic carbocycles. The molecular weight excluding hydrogens is 210 g/mol. The second-order valence-electron chi connectivity index (χ2n) is 3.47. The molecule has 3 N–H and O–H groups in total. The van der Waals surface area contributed by atoms with Crippen molar-refractivity contribution in [2.45, 2.75) is 25.7 Å². The molecule has 1 unspecified atom stereocenters. The van der Waals surface area contributed by atoms with E-state index in [1.165, 1.54) is 0 Å². The lowest BCUT2D eigenvalue weighted by Gasteiger charge is -2.09. The van der Waals surface area contributed by atoms with Gasteiger partial charge in [0.1, 0.15) is 0 Å². The van der Waals surface area contributed by atoms with Crippen molar-refractivity contribution in [1.82, 2.24) is 10.3 Å². The van der Waals surface area contributed by atoms with Gasteiger partial charge in [-0.15, -0.1) is 11.3 Å². The predicted octanol–water partition coefficient (Wildman–Crippen LogP) is 1.10. The highest BCUT2D eigenvalue weighted by atomic mass is 32.1. The van der Waals surface area contributed by atoms with Crippen molar-refractivity contribution < 1.29 is 4.79 Å². The molecule has 1 rings (SSSR count). The van der Waals surface area contributed by atoms with Crippen molar-refractivity contribution in [3.63, 3.8) is 0 Å². The number of nitrogens with one attached hydrogen (secondary N) is 1. The molecule has 0 spiro atoms. The van der Waals surface area contributed by atoms with Crippen LogP contribution in [0.2, 0.25) is 0 Å². The topological polar surface area (TPSA) is 68.0 Å². The quantitative estimate of drug-likeness (QED) is 0.764. The van der Waals surface area contributed by atoms with Crippen LogP contribution in [0.5, 0.6) is 0 Å². The van der Waals surface area contributed by atoms with Gasteiger partial charge in [-0.2, -0.15) is 0 Å². The van der Waals surface area contributed by atoms with Crippen molar-refractivity contribution >= 4 is 17.2 Å². The summed E-state index contributed by atoms with van der Waals surface area (Å²) in [7, 11) is 0. The van der Waals surface area contributed by atoms with Crippen molar-refractivity contribution in [2.24, 2.45) is 5.73 Å². The Bertz CT molecular complexity index is 287. The van der Waals surface area contributed by atoms with Gasteiger partial charge in [-0.25, -0.2) is 4.98 Å². The van der Waals surface area contributed by atoms with Crippen LogP contribution in [0.3, 0.4) is 0 Å². The summed E-state index contributed by atoms with van der Waals surface area (Å²) < 4.78 is 0. The number of hydrogen-bond acceptors (Lipinski definition) is 4. The molecule has 0 aliphatic heterocycles. The number of carbonyl (C=O) groups excluding carboxylic acids is 1. The van der Waals surface area contributed by atoms with Gasteiger partial charge in [-0.3, -0.25) is 4.79 Å². The first-order valence-electron chi connectivity index (χ1n) is 5.10. The molecule has 1 aromatic rings. The summed E-state index contributed by atoms with van der Waals surface area (Å²) >= 11 is 1.62. The van der Waals surface area contributed by atoms with E-state index >= 15 is 0 Å². The highest BCUT2D eigenvalue weighted by Gasteiger charge is 2.09. The van der Waals surface area contributed by atoms with Crippen LogP contribution in [-0.4, -0.2) is 24.0 Å². The maximum atomic E-state index is 11.3. The van der Waals surface area contributed by atoms with Gasteiger partial charge in [0.15, 0.2) is 0 Å². The van der Waals surface area contributed by atoms with Crippen LogP contribution in [0.1, 0.15) is 30.7 Å². The summed E-state index contributed by atoms with van der Waals surface area (Å²) in [6.07, 6.45) is 3.05. The highest BCUT2D eigenvalue weighted by Crippen LogP contribution is 2.16. The maximum Gasteiger partial charge on any atom is 0.220 e. The first kappa shape index (κ1) is 12.1. The SMILES string of the molecule is CC(CNC(=O)CCCN)c1nccs1. The summed E-state index contributed by atoms with van der Waals surface area (Å²) in [6.45, 7) is 3.27. The zero-order valence-corrected chi connectivity index (χ0v) is 9.72. The van der Waals surface area contributed by atoms with Crippen LogP contribution in [0.4, 0.5) is 0 Å². The Balaban J connectivity index is 2.22. The summed E-state index contributed by atoms with van der Waals surface area (Å²) in [4.78, 5) is 15.5. The fourth-order valence-corrected chi connectivity index (χ4v) is 1.88. The van der Waals surface area contributed by atoms with Gasteiger partial charge < -0.3 is 11.1 Å². The molecule has 1 heterocycles. The lowest BCUT2D eigenvalue weighted by Crippen LogP contribution is -2.27. The van der Waals surface area contributed by atoms with Crippen LogP contribution in [0, 0.1) is 0 Å². The molecule has 0 aliphatic rings. The first-order valence-corrected chi connectivity index (χ1v) is 5.98. The minimum Gasteiger partial charge on any atom is -0.355 e. The van der Waals surface area contributed by atoms with Crippen LogP contribution in [0.15, 0.2) is 11.6 Å². The average molecular weight is 227 g/mol. The van der Waals surface area contributed by atoms with Crippen LogP contribution >= 0.6 is 11.3 Å². The molecule has 1 amide bonds. The normalized spacial score (nSPS) is 12.4. The molecule has 0 radical (unpaired) electrons. The fourth-order valence-electron chi connectivity index (χ4n) is 1.18. The fraction of sp³-hybridized carbons (Fsp3) is 0.600. The Morgan fingerprint density at radius 1 is 1.73 bits per heavy atom. The number of rotatable bonds is 6. The van der Waals surface area contributed by atoms with Gasteiger partial charge in [0.05, 0.1) is 5.01 Å². The van der Waals surface area contributed by atoms with E-state index in [1.807, 2.05) is 5.38 Å². The van der Waals surface area contributed by atoms with Crippen molar-refractivity contribution in [3.8, 4) is 0 Å². The summed E-state index contributed by atoms with van der Waals surface area (Å²) in [5.74, 6) is 0.357. The van der Waals surface area contributed by atoms with E-state index in [9.17, 15) is 4.79 Å². The molecule has 0 aromatic carbocycles. The second kappa shape index (κ2) is 6.53. The molecule has 15 heavy (non-hydrogen) atoms. The molecule has 0 fully saturated rings. The Hall–Kier alpha value is -0.940. The van der Waals surface area contributed by atoms with E-state index in [2.05, 4.69) is 17.2 Å². The Morgan fingerprint density at radius 3 is 3.13 bits per heavy atom. The van der Waals surface area contributed by atoms with Gasteiger partial charge in [0, 0.05) is 30.5 Å². The average Bonchev–Trinajstić information content (AvgIpc) is 2.76. The lowest BCUT2D eigenvalue weighted by atomic mass is 10.2. The molecule has 0 saturated carbocycles. The third-order valence-electron chi connectivity index (χ3n) is 2.09. The minimum atomic E-state index is 0.0730. The molecule has 5 heteroatoms. The largest absolute Gasteiger partial charge is 0.355 e. The summed E-state index contributed by atoms with van der Waals surface area (Å²) in [6, 6.07) is 0. The summed E-state index contributed by atoms with van der Waals surface area (Å²) in [5, 5.41) is 5.89. The van der Waals surface area contributed by atoms with Crippen molar-refractivity contribution in [3.05, 3.63) is 16.6 Å². The minimum absolute atomic E-state index is 0.0730. The maximum absolute atomic E-state index is 11.3. The third-order valence-corrected chi connectivity index (χ3v) is 3.09. The molecule has 4 nitrogen and oxygen atoms in total. The van der Waals surface area contributed by atoms with Gasteiger partial charge >= 0.3 is 0 Å². The number of nitrogens with two attached hydrogens (primary N) is 1. The number of carbonyl (C=O) groups is 1. The molecule has 1 aromatic heterocycles. The van der Waals surface area contributed by atoms with Crippen molar-refractivity contribution in [1.29, 1.82) is 0 Å². The number of hydrogen-bond donors (Lipinski definition) is 2. The second-order valence-corrected chi connectivity index (χ2v) is 4.39. The molecule has 0 bridgehead atoms. The van der Waals surface area contributed by atoms with Crippen LogP contribution < -0.4 is 11.1 Å². The predicted molar refractivity (Wildman–Crippen MR) is 61.8 cm³/mol. The Kier molecular flexibility index (Phi) is 5.28. The standard InChI is InChI=1S/C10H17N3OS/c1-8(10-12-5-6-15-10)7-13-9(14)3-2-4-11/h5-6,8H,2-4,7,11H2,1H3,(H,13,14). The van der Waals surface area contributed by atoms with E-state index in [0.29, 0.717) is 19.5 Å². The van der Waals surface area contributed by atoms with E-state index in [4.69, 9.17) is 5.73 Å². The molecule has 84 valence electrons. The van der Waals surface area contributed by atoms with E-state index in [0.717, 1.165) is 11.4 Å². The third kappa shape index (κ3) is 4.40.